The molecule has 8 nitrogen and oxygen atoms in total. The van der Waals surface area contributed by atoms with E-state index in [-0.39, 0.29) is 10.6 Å². The molecule has 0 amide bonds. The van der Waals surface area contributed by atoms with Gasteiger partial charge < -0.3 is 20.1 Å². The number of rotatable bonds is 3. The van der Waals surface area contributed by atoms with Crippen LogP contribution in [-0.4, -0.2) is 17.2 Å². The van der Waals surface area contributed by atoms with Crippen LogP contribution in [0.15, 0.2) is 28.9 Å². The summed E-state index contributed by atoms with van der Waals surface area (Å²) in [6.07, 6.45) is 0. The van der Waals surface area contributed by atoms with Crippen LogP contribution < -0.4 is 9.64 Å². The quantitative estimate of drug-likeness (QED) is 0.446. The highest BCUT2D eigenvalue weighted by molar-refractivity contribution is 5.64. The van der Waals surface area contributed by atoms with Gasteiger partial charge in [-0.15, -0.1) is 0 Å². The van der Waals surface area contributed by atoms with Crippen LogP contribution in [0.4, 0.5) is 5.82 Å². The van der Waals surface area contributed by atoms with Gasteiger partial charge in [0.2, 0.25) is 0 Å². The molecular weight excluding hydrogens is 230 g/mol. The zero-order valence-corrected chi connectivity index (χ0v) is 8.69. The fourth-order valence-corrected chi connectivity index (χ4v) is 1.34. The maximum absolute atomic E-state index is 11.3. The molecule has 0 radical (unpaired) electrons. The second-order valence-electron chi connectivity index (χ2n) is 3.09. The molecule has 0 saturated heterocycles. The molecule has 1 heterocycles. The Bertz CT molecular complexity index is 548. The van der Waals surface area contributed by atoms with E-state index in [4.69, 9.17) is 4.74 Å². The molecule has 0 aliphatic heterocycles. The van der Waals surface area contributed by atoms with Gasteiger partial charge in [-0.05, 0) is 34.1 Å². The molecule has 0 bridgehead atoms. The molecule has 0 unspecified atom stereocenters. The van der Waals surface area contributed by atoms with Crippen molar-refractivity contribution >= 4 is 5.82 Å². The molecule has 0 fully saturated rings. The molecule has 1 aromatic heterocycles. The standard InChI is InChI=1S/C9H7N3O5/c1-16-7-4-2-6(3-5-7)8-9(11(13)14)10-17-12(8)15/h2-5H,1H3. The molecule has 88 valence electrons. The van der Waals surface area contributed by atoms with E-state index in [1.165, 1.54) is 19.2 Å². The molecule has 1 aromatic carbocycles. The lowest BCUT2D eigenvalue weighted by Crippen LogP contribution is -2.25. The van der Waals surface area contributed by atoms with E-state index in [0.717, 1.165) is 0 Å². The molecular formula is C9H7N3O5. The van der Waals surface area contributed by atoms with Crippen molar-refractivity contribution in [1.82, 2.24) is 5.16 Å². The Kier molecular flexibility index (Phi) is 2.61. The molecule has 0 saturated carbocycles. The molecule has 0 aliphatic rings. The Morgan fingerprint density at radius 3 is 2.59 bits per heavy atom. The SMILES string of the molecule is COc1ccc(-c2c([N+](=O)[O-])no[n+]2[O-])cc1. The van der Waals surface area contributed by atoms with Gasteiger partial charge in [-0.3, -0.25) is 4.63 Å². The average molecular weight is 237 g/mol. The van der Waals surface area contributed by atoms with Crippen LogP contribution >= 0.6 is 0 Å². The molecule has 17 heavy (non-hydrogen) atoms. The Balaban J connectivity index is 2.51. The Morgan fingerprint density at radius 1 is 1.41 bits per heavy atom. The molecule has 2 aromatic rings. The number of methoxy groups -OCH3 is 1. The summed E-state index contributed by atoms with van der Waals surface area (Å²) in [6, 6.07) is 6.16. The van der Waals surface area contributed by atoms with Gasteiger partial charge in [-0.25, -0.2) is 0 Å². The van der Waals surface area contributed by atoms with Crippen molar-refractivity contribution in [2.45, 2.75) is 0 Å². The van der Waals surface area contributed by atoms with Gasteiger partial charge in [0.1, 0.15) is 5.75 Å². The predicted octanol–water partition coefficient (Wildman–Crippen LogP) is 0.892. The molecule has 0 N–H and O–H groups in total. The third-order valence-electron chi connectivity index (χ3n) is 2.13. The van der Waals surface area contributed by atoms with E-state index >= 15 is 0 Å². The van der Waals surface area contributed by atoms with Crippen molar-refractivity contribution in [1.29, 1.82) is 0 Å². The normalized spacial score (nSPS) is 10.2. The van der Waals surface area contributed by atoms with Gasteiger partial charge in [-0.2, -0.15) is 0 Å². The second kappa shape index (κ2) is 4.08. The first-order chi connectivity index (χ1) is 8.13. The van der Waals surface area contributed by atoms with Gasteiger partial charge in [-0.1, -0.05) is 0 Å². The van der Waals surface area contributed by atoms with E-state index in [1.807, 2.05) is 0 Å². The van der Waals surface area contributed by atoms with Crippen LogP contribution in [0.2, 0.25) is 0 Å². The minimum atomic E-state index is -0.780. The summed E-state index contributed by atoms with van der Waals surface area (Å²) in [4.78, 5) is 9.86. The van der Waals surface area contributed by atoms with Crippen LogP contribution in [0.25, 0.3) is 11.3 Å². The molecule has 0 spiro atoms. The zero-order valence-electron chi connectivity index (χ0n) is 8.69. The number of ether oxygens (including phenoxy) is 1. The second-order valence-corrected chi connectivity index (χ2v) is 3.09. The predicted molar refractivity (Wildman–Crippen MR) is 54.1 cm³/mol. The van der Waals surface area contributed by atoms with Crippen molar-refractivity contribution in [3.63, 3.8) is 0 Å². The van der Waals surface area contributed by atoms with E-state index < -0.39 is 10.7 Å². The monoisotopic (exact) mass is 237 g/mol. The molecule has 0 atom stereocenters. The van der Waals surface area contributed by atoms with Gasteiger partial charge in [0.15, 0.2) is 0 Å². The highest BCUT2D eigenvalue weighted by Crippen LogP contribution is 2.26. The fraction of sp³-hybridized carbons (Fsp3) is 0.111. The van der Waals surface area contributed by atoms with Gasteiger partial charge in [0.25, 0.3) is 5.69 Å². The molecule has 8 heteroatoms. The van der Waals surface area contributed by atoms with Gasteiger partial charge in [0.05, 0.1) is 12.3 Å². The van der Waals surface area contributed by atoms with Crippen molar-refractivity contribution in [3.8, 4) is 17.0 Å². The average Bonchev–Trinajstić information content (AvgIpc) is 2.71. The number of nitrogens with zero attached hydrogens (tertiary/aromatic N) is 3. The van der Waals surface area contributed by atoms with Crippen molar-refractivity contribution in [2.75, 3.05) is 7.11 Å². The first-order valence-electron chi connectivity index (χ1n) is 4.52. The Labute approximate surface area is 94.7 Å². The Hall–Kier alpha value is -2.64. The summed E-state index contributed by atoms with van der Waals surface area (Å²) in [7, 11) is 1.49. The number of hydrogen-bond donors (Lipinski definition) is 0. The third-order valence-corrected chi connectivity index (χ3v) is 2.13. The third kappa shape index (κ3) is 1.87. The smallest absolute Gasteiger partial charge is 0.440 e. The summed E-state index contributed by atoms with van der Waals surface area (Å²) in [5.41, 5.74) is 0.0893. The van der Waals surface area contributed by atoms with Gasteiger partial charge in [0, 0.05) is 5.56 Å². The highest BCUT2D eigenvalue weighted by atomic mass is 16.8. The van der Waals surface area contributed by atoms with Gasteiger partial charge >= 0.3 is 5.82 Å². The van der Waals surface area contributed by atoms with E-state index in [0.29, 0.717) is 11.3 Å². The fourth-order valence-electron chi connectivity index (χ4n) is 1.34. The number of benzene rings is 1. The number of aromatic nitrogens is 2. The van der Waals surface area contributed by atoms with Crippen LogP contribution in [-0.2, 0) is 0 Å². The number of hydrogen-bond acceptors (Lipinski definition) is 6. The first-order valence-corrected chi connectivity index (χ1v) is 4.52. The lowest BCUT2D eigenvalue weighted by atomic mass is 10.1. The van der Waals surface area contributed by atoms with E-state index in [1.54, 1.807) is 12.1 Å². The summed E-state index contributed by atoms with van der Waals surface area (Å²) in [6.45, 7) is 0. The minimum Gasteiger partial charge on any atom is -0.497 e. The summed E-state index contributed by atoms with van der Waals surface area (Å²) >= 11 is 0. The van der Waals surface area contributed by atoms with E-state index in [9.17, 15) is 15.3 Å². The highest BCUT2D eigenvalue weighted by Gasteiger charge is 2.26. The maximum Gasteiger partial charge on any atom is 0.440 e. The Morgan fingerprint density at radius 2 is 2.06 bits per heavy atom. The number of nitro groups is 1. The first kappa shape index (κ1) is 10.9. The maximum atomic E-state index is 11.3. The van der Waals surface area contributed by atoms with Crippen LogP contribution in [0.1, 0.15) is 0 Å². The molecule has 0 aliphatic carbocycles. The van der Waals surface area contributed by atoms with Crippen LogP contribution in [0.3, 0.4) is 0 Å². The topological polar surface area (TPSA) is 105 Å². The lowest BCUT2D eigenvalue weighted by Gasteiger charge is -2.00. The van der Waals surface area contributed by atoms with Crippen molar-refractivity contribution in [2.24, 2.45) is 0 Å². The minimum absolute atomic E-state index is 0.0000567. The van der Waals surface area contributed by atoms with Crippen LogP contribution in [0, 0.1) is 15.3 Å². The summed E-state index contributed by atoms with van der Waals surface area (Å²) in [5.74, 6) is -0.0459. The van der Waals surface area contributed by atoms with Crippen molar-refractivity contribution in [3.05, 3.63) is 39.6 Å². The van der Waals surface area contributed by atoms with Crippen molar-refractivity contribution < 1.29 is 19.2 Å². The summed E-state index contributed by atoms with van der Waals surface area (Å²) < 4.78 is 9.14. The molecule has 2 rings (SSSR count). The zero-order chi connectivity index (χ0) is 12.4. The van der Waals surface area contributed by atoms with E-state index in [2.05, 4.69) is 9.79 Å². The van der Waals surface area contributed by atoms with Crippen LogP contribution in [0.5, 0.6) is 5.75 Å². The largest absolute Gasteiger partial charge is 0.497 e. The lowest BCUT2D eigenvalue weighted by molar-refractivity contribution is -0.793. The summed E-state index contributed by atoms with van der Waals surface area (Å²) in [5, 5.41) is 25.0.